The van der Waals surface area contributed by atoms with E-state index >= 15 is 0 Å². The maximum atomic E-state index is 10.5. The van der Waals surface area contributed by atoms with Gasteiger partial charge in [-0.15, -0.1) is 0 Å². The van der Waals surface area contributed by atoms with Crippen molar-refractivity contribution in [3.05, 3.63) is 0 Å². The van der Waals surface area contributed by atoms with Crippen LogP contribution in [0.25, 0.3) is 0 Å². The second-order valence-corrected chi connectivity index (χ2v) is 2.47. The fourth-order valence-corrected chi connectivity index (χ4v) is 0.207. The van der Waals surface area contributed by atoms with Crippen LogP contribution in [0.3, 0.4) is 0 Å². The average molecular weight is 133 g/mol. The van der Waals surface area contributed by atoms with Crippen molar-refractivity contribution in [2.24, 2.45) is 11.1 Å². The summed E-state index contributed by atoms with van der Waals surface area (Å²) in [6, 6.07) is 0. The van der Waals surface area contributed by atoms with Crippen molar-refractivity contribution in [3.8, 4) is 0 Å². The van der Waals surface area contributed by atoms with Gasteiger partial charge in [0.25, 0.3) is 0 Å². The van der Waals surface area contributed by atoms with Crippen LogP contribution < -0.4 is 5.73 Å². The first-order valence-electron chi connectivity index (χ1n) is 2.60. The Morgan fingerprint density at radius 3 is 2.33 bits per heavy atom. The summed E-state index contributed by atoms with van der Waals surface area (Å²) in [4.78, 5) is 14.0. The minimum atomic E-state index is -0.783. The van der Waals surface area contributed by atoms with Gasteiger partial charge >= 0.3 is 5.97 Å². The van der Waals surface area contributed by atoms with Crippen molar-refractivity contribution in [1.82, 2.24) is 0 Å². The highest BCUT2D eigenvalue weighted by atomic mass is 17.1. The molecule has 0 rings (SSSR count). The first-order valence-corrected chi connectivity index (χ1v) is 2.60. The van der Waals surface area contributed by atoms with Crippen molar-refractivity contribution in [2.45, 2.75) is 13.8 Å². The van der Waals surface area contributed by atoms with E-state index in [2.05, 4.69) is 4.89 Å². The van der Waals surface area contributed by atoms with Crippen LogP contribution in [0.15, 0.2) is 0 Å². The Kier molecular flexibility index (Phi) is 2.61. The summed E-state index contributed by atoms with van der Waals surface area (Å²) in [7, 11) is 0. The molecule has 0 atom stereocenters. The van der Waals surface area contributed by atoms with E-state index in [-0.39, 0.29) is 6.54 Å². The standard InChI is InChI=1S/C5H11NO3/c1-5(2,3-6)4(7)9-8/h8H,3,6H2,1-2H3. The lowest BCUT2D eigenvalue weighted by Crippen LogP contribution is -2.33. The molecule has 0 fully saturated rings. The van der Waals surface area contributed by atoms with Crippen molar-refractivity contribution in [1.29, 1.82) is 0 Å². The Bertz CT molecular complexity index is 111. The molecule has 54 valence electrons. The smallest absolute Gasteiger partial charge is 0.329 e. The Morgan fingerprint density at radius 2 is 2.22 bits per heavy atom. The first kappa shape index (κ1) is 8.39. The lowest BCUT2D eigenvalue weighted by molar-refractivity contribution is -0.243. The van der Waals surface area contributed by atoms with E-state index in [1.165, 1.54) is 0 Å². The molecule has 0 aromatic heterocycles. The van der Waals surface area contributed by atoms with Gasteiger partial charge in [-0.2, -0.15) is 5.26 Å². The van der Waals surface area contributed by atoms with E-state index < -0.39 is 11.4 Å². The van der Waals surface area contributed by atoms with Crippen LogP contribution in [0, 0.1) is 5.41 Å². The van der Waals surface area contributed by atoms with Crippen molar-refractivity contribution >= 4 is 5.97 Å². The molecule has 9 heavy (non-hydrogen) atoms. The Hall–Kier alpha value is -0.610. The molecule has 0 aliphatic carbocycles. The van der Waals surface area contributed by atoms with Gasteiger partial charge in [-0.05, 0) is 13.8 Å². The molecule has 0 amide bonds. The molecule has 0 aliphatic rings. The zero-order chi connectivity index (χ0) is 7.49. The molecule has 4 nitrogen and oxygen atoms in total. The molecule has 0 spiro atoms. The van der Waals surface area contributed by atoms with E-state index in [1.807, 2.05) is 0 Å². The van der Waals surface area contributed by atoms with Gasteiger partial charge in [0.2, 0.25) is 0 Å². The molecule has 0 aliphatic heterocycles. The van der Waals surface area contributed by atoms with Gasteiger partial charge in [-0.1, -0.05) is 0 Å². The molecule has 0 saturated heterocycles. The van der Waals surface area contributed by atoms with Crippen molar-refractivity contribution < 1.29 is 14.9 Å². The Balaban J connectivity index is 3.97. The highest BCUT2D eigenvalue weighted by Crippen LogP contribution is 2.13. The third-order valence-corrected chi connectivity index (χ3v) is 1.15. The molecular formula is C5H11NO3. The quantitative estimate of drug-likeness (QED) is 0.410. The summed E-state index contributed by atoms with van der Waals surface area (Å²) in [6.45, 7) is 3.34. The molecule has 0 radical (unpaired) electrons. The molecule has 0 unspecified atom stereocenters. The zero-order valence-electron chi connectivity index (χ0n) is 5.55. The molecular weight excluding hydrogens is 122 g/mol. The van der Waals surface area contributed by atoms with Crippen LogP contribution in [0.1, 0.15) is 13.8 Å². The van der Waals surface area contributed by atoms with Gasteiger partial charge in [0.05, 0.1) is 5.41 Å². The molecule has 0 aromatic carbocycles. The summed E-state index contributed by atoms with van der Waals surface area (Å²) < 4.78 is 0. The maximum absolute atomic E-state index is 10.5. The minimum Gasteiger partial charge on any atom is -0.329 e. The van der Waals surface area contributed by atoms with Gasteiger partial charge in [-0.25, -0.2) is 4.79 Å². The molecule has 0 saturated carbocycles. The van der Waals surface area contributed by atoms with Gasteiger partial charge < -0.3 is 10.6 Å². The summed E-state index contributed by atoms with van der Waals surface area (Å²) in [5, 5.41) is 7.90. The maximum Gasteiger partial charge on any atom is 0.348 e. The number of hydrogen-bond donors (Lipinski definition) is 2. The Labute approximate surface area is 53.5 Å². The van der Waals surface area contributed by atoms with Crippen LogP contribution in [0.2, 0.25) is 0 Å². The van der Waals surface area contributed by atoms with E-state index in [0.717, 1.165) is 0 Å². The van der Waals surface area contributed by atoms with Crippen LogP contribution in [-0.2, 0) is 9.68 Å². The van der Waals surface area contributed by atoms with Crippen LogP contribution >= 0.6 is 0 Å². The van der Waals surface area contributed by atoms with Crippen LogP contribution in [0.5, 0.6) is 0 Å². The summed E-state index contributed by atoms with van der Waals surface area (Å²) in [6.07, 6.45) is 0. The normalized spacial score (nSPS) is 11.1. The van der Waals surface area contributed by atoms with Gasteiger partial charge in [0.15, 0.2) is 0 Å². The number of carbonyl (C=O) groups is 1. The second kappa shape index (κ2) is 2.80. The minimum absolute atomic E-state index is 0.159. The van der Waals surface area contributed by atoms with E-state index in [9.17, 15) is 4.79 Å². The molecule has 0 bridgehead atoms. The SMILES string of the molecule is CC(C)(CN)C(=O)OO. The topological polar surface area (TPSA) is 72.6 Å². The second-order valence-electron chi connectivity index (χ2n) is 2.47. The van der Waals surface area contributed by atoms with E-state index in [1.54, 1.807) is 13.8 Å². The predicted molar refractivity (Wildman–Crippen MR) is 31.6 cm³/mol. The summed E-state index contributed by atoms with van der Waals surface area (Å²) >= 11 is 0. The average Bonchev–Trinajstić information content (AvgIpc) is 1.86. The third kappa shape index (κ3) is 1.99. The van der Waals surface area contributed by atoms with Crippen molar-refractivity contribution in [3.63, 3.8) is 0 Å². The number of rotatable bonds is 2. The zero-order valence-corrected chi connectivity index (χ0v) is 5.55. The fourth-order valence-electron chi connectivity index (χ4n) is 0.207. The number of nitrogens with two attached hydrogens (primary N) is 1. The first-order chi connectivity index (χ1) is 4.04. The van der Waals surface area contributed by atoms with Crippen LogP contribution in [-0.4, -0.2) is 17.8 Å². The molecule has 3 N–H and O–H groups in total. The highest BCUT2D eigenvalue weighted by molar-refractivity contribution is 5.75. The lowest BCUT2D eigenvalue weighted by Gasteiger charge is -2.16. The van der Waals surface area contributed by atoms with E-state index in [0.29, 0.717) is 0 Å². The lowest BCUT2D eigenvalue weighted by atomic mass is 9.95. The molecule has 0 heterocycles. The van der Waals surface area contributed by atoms with Gasteiger partial charge in [0, 0.05) is 6.54 Å². The van der Waals surface area contributed by atoms with Crippen molar-refractivity contribution in [2.75, 3.05) is 6.54 Å². The van der Waals surface area contributed by atoms with Gasteiger partial charge in [0.1, 0.15) is 0 Å². The van der Waals surface area contributed by atoms with Gasteiger partial charge in [-0.3, -0.25) is 0 Å². The number of carbonyl (C=O) groups excluding carboxylic acids is 1. The molecule has 4 heteroatoms. The predicted octanol–water partition coefficient (Wildman–Crippen LogP) is -0.0125. The Morgan fingerprint density at radius 1 is 1.78 bits per heavy atom. The molecule has 0 aromatic rings. The fraction of sp³-hybridized carbons (Fsp3) is 0.800. The van der Waals surface area contributed by atoms with E-state index in [4.69, 9.17) is 11.0 Å². The van der Waals surface area contributed by atoms with Crippen LogP contribution in [0.4, 0.5) is 0 Å². The third-order valence-electron chi connectivity index (χ3n) is 1.15. The monoisotopic (exact) mass is 133 g/mol. The highest BCUT2D eigenvalue weighted by Gasteiger charge is 2.27. The summed E-state index contributed by atoms with van der Waals surface area (Å²) in [5.41, 5.74) is 4.39. The summed E-state index contributed by atoms with van der Waals surface area (Å²) in [5.74, 6) is -0.704. The number of hydrogen-bond acceptors (Lipinski definition) is 4. The largest absolute Gasteiger partial charge is 0.348 e.